The molecule has 0 N–H and O–H groups in total. The molecule has 0 aromatic heterocycles. The third-order valence-corrected chi connectivity index (χ3v) is 3.57. The summed E-state index contributed by atoms with van der Waals surface area (Å²) in [5.41, 5.74) is 1.36. The molecule has 0 bridgehead atoms. The first-order valence-corrected chi connectivity index (χ1v) is 6.84. The zero-order valence-electron chi connectivity index (χ0n) is 11.9. The van der Waals surface area contributed by atoms with E-state index in [9.17, 15) is 4.79 Å². The molecule has 0 spiro atoms. The van der Waals surface area contributed by atoms with Gasteiger partial charge in [0.25, 0.3) is 0 Å². The van der Waals surface area contributed by atoms with Gasteiger partial charge in [0, 0.05) is 46.8 Å². The van der Waals surface area contributed by atoms with Gasteiger partial charge in [-0.15, -0.1) is 0 Å². The minimum atomic E-state index is 0.191. The molecule has 1 aromatic carbocycles. The second kappa shape index (κ2) is 6.68. The summed E-state index contributed by atoms with van der Waals surface area (Å²) in [4.78, 5) is 18.0. The van der Waals surface area contributed by atoms with E-state index in [-0.39, 0.29) is 5.91 Å². The Morgan fingerprint density at radius 3 is 2.21 bits per heavy atom. The normalized spacial score (nSPS) is 17.4. The summed E-state index contributed by atoms with van der Waals surface area (Å²) in [6.07, 6.45) is 0. The van der Waals surface area contributed by atoms with E-state index in [1.807, 2.05) is 20.2 Å². The lowest BCUT2D eigenvalue weighted by atomic mass is 10.2. The molecule has 4 nitrogen and oxygen atoms in total. The minimum absolute atomic E-state index is 0.191. The van der Waals surface area contributed by atoms with Crippen LogP contribution in [-0.4, -0.2) is 67.4 Å². The van der Waals surface area contributed by atoms with E-state index in [0.29, 0.717) is 6.54 Å². The molecule has 1 aromatic rings. The van der Waals surface area contributed by atoms with Crippen LogP contribution in [0.3, 0.4) is 0 Å². The quantitative estimate of drug-likeness (QED) is 0.805. The van der Waals surface area contributed by atoms with E-state index in [0.717, 1.165) is 32.7 Å². The Morgan fingerprint density at radius 1 is 1.05 bits per heavy atom. The topological polar surface area (TPSA) is 26.8 Å². The lowest BCUT2D eigenvalue weighted by Gasteiger charge is -2.34. The molecule has 1 aliphatic heterocycles. The molecule has 0 atom stereocenters. The van der Waals surface area contributed by atoms with Crippen molar-refractivity contribution in [1.29, 1.82) is 0 Å². The lowest BCUT2D eigenvalue weighted by molar-refractivity contribution is -0.130. The summed E-state index contributed by atoms with van der Waals surface area (Å²) in [7, 11) is 3.63. The maximum absolute atomic E-state index is 11.7. The highest BCUT2D eigenvalue weighted by molar-refractivity contribution is 5.77. The highest BCUT2D eigenvalue weighted by Crippen LogP contribution is 2.08. The van der Waals surface area contributed by atoms with Gasteiger partial charge >= 0.3 is 0 Å². The number of amides is 1. The molecular weight excluding hydrogens is 238 g/mol. The van der Waals surface area contributed by atoms with E-state index in [1.165, 1.54) is 5.56 Å². The molecule has 0 unspecified atom stereocenters. The predicted molar refractivity (Wildman–Crippen MR) is 76.9 cm³/mol. The Kier molecular flexibility index (Phi) is 4.93. The molecule has 1 heterocycles. The number of likely N-dealkylation sites (N-methyl/N-ethyl adjacent to an activating group) is 1. The van der Waals surface area contributed by atoms with Crippen LogP contribution < -0.4 is 0 Å². The van der Waals surface area contributed by atoms with Crippen molar-refractivity contribution in [3.8, 4) is 0 Å². The molecule has 0 radical (unpaired) electrons. The Bertz CT molecular complexity index is 397. The van der Waals surface area contributed by atoms with E-state index in [2.05, 4.69) is 34.1 Å². The number of hydrogen-bond acceptors (Lipinski definition) is 3. The summed E-state index contributed by atoms with van der Waals surface area (Å²) in [6, 6.07) is 10.6. The third-order valence-electron chi connectivity index (χ3n) is 3.57. The van der Waals surface area contributed by atoms with Crippen LogP contribution in [0.5, 0.6) is 0 Å². The van der Waals surface area contributed by atoms with E-state index in [1.54, 1.807) is 4.90 Å². The van der Waals surface area contributed by atoms with Gasteiger partial charge in [-0.05, 0) is 5.56 Å². The standard InChI is InChI=1S/C15H23N3O/c1-16(2)15(19)13-18-10-8-17(9-11-18)12-14-6-4-3-5-7-14/h3-7H,8-13H2,1-2H3. The Morgan fingerprint density at radius 2 is 1.63 bits per heavy atom. The van der Waals surface area contributed by atoms with Crippen molar-refractivity contribution >= 4 is 5.91 Å². The summed E-state index contributed by atoms with van der Waals surface area (Å²) in [6.45, 7) is 5.59. The first kappa shape index (κ1) is 14.0. The number of rotatable bonds is 4. The predicted octanol–water partition coefficient (Wildman–Crippen LogP) is 0.892. The van der Waals surface area contributed by atoms with Crippen LogP contribution in [0.25, 0.3) is 0 Å². The van der Waals surface area contributed by atoms with E-state index in [4.69, 9.17) is 0 Å². The summed E-state index contributed by atoms with van der Waals surface area (Å²) >= 11 is 0. The van der Waals surface area contributed by atoms with Crippen LogP contribution in [0, 0.1) is 0 Å². The van der Waals surface area contributed by atoms with Gasteiger partial charge in [0.15, 0.2) is 0 Å². The monoisotopic (exact) mass is 261 g/mol. The van der Waals surface area contributed by atoms with Crippen LogP contribution in [0.1, 0.15) is 5.56 Å². The van der Waals surface area contributed by atoms with Crippen molar-refractivity contribution in [1.82, 2.24) is 14.7 Å². The molecule has 1 amide bonds. The van der Waals surface area contributed by atoms with Gasteiger partial charge in [-0.1, -0.05) is 30.3 Å². The van der Waals surface area contributed by atoms with E-state index >= 15 is 0 Å². The second-order valence-corrected chi connectivity index (χ2v) is 5.33. The van der Waals surface area contributed by atoms with Crippen molar-refractivity contribution in [2.75, 3.05) is 46.8 Å². The Balaban J connectivity index is 1.75. The van der Waals surface area contributed by atoms with Crippen molar-refractivity contribution < 1.29 is 4.79 Å². The second-order valence-electron chi connectivity index (χ2n) is 5.33. The van der Waals surface area contributed by atoms with Gasteiger partial charge in [-0.25, -0.2) is 0 Å². The molecule has 1 fully saturated rings. The van der Waals surface area contributed by atoms with Gasteiger partial charge < -0.3 is 4.90 Å². The van der Waals surface area contributed by atoms with Crippen molar-refractivity contribution in [3.05, 3.63) is 35.9 Å². The Hall–Kier alpha value is -1.39. The van der Waals surface area contributed by atoms with Crippen LogP contribution in [0.4, 0.5) is 0 Å². The van der Waals surface area contributed by atoms with Gasteiger partial charge in [0.05, 0.1) is 6.54 Å². The number of nitrogens with zero attached hydrogens (tertiary/aromatic N) is 3. The first-order chi connectivity index (χ1) is 9.15. The fourth-order valence-electron chi connectivity index (χ4n) is 2.28. The molecule has 0 saturated carbocycles. The fourth-order valence-corrected chi connectivity index (χ4v) is 2.28. The maximum Gasteiger partial charge on any atom is 0.236 e. The van der Waals surface area contributed by atoms with Crippen molar-refractivity contribution in [2.24, 2.45) is 0 Å². The molecule has 0 aliphatic carbocycles. The van der Waals surface area contributed by atoms with Gasteiger partial charge in [0.2, 0.25) is 5.91 Å². The van der Waals surface area contributed by atoms with Crippen LogP contribution in [-0.2, 0) is 11.3 Å². The average molecular weight is 261 g/mol. The smallest absolute Gasteiger partial charge is 0.236 e. The van der Waals surface area contributed by atoms with Crippen LogP contribution in [0.2, 0.25) is 0 Å². The molecule has 4 heteroatoms. The molecular formula is C15H23N3O. The SMILES string of the molecule is CN(C)C(=O)CN1CCN(Cc2ccccc2)CC1. The van der Waals surface area contributed by atoms with Crippen molar-refractivity contribution in [3.63, 3.8) is 0 Å². The zero-order valence-corrected chi connectivity index (χ0v) is 11.9. The summed E-state index contributed by atoms with van der Waals surface area (Å²) in [5.74, 6) is 0.191. The van der Waals surface area contributed by atoms with Crippen molar-refractivity contribution in [2.45, 2.75) is 6.54 Å². The number of carbonyl (C=O) groups is 1. The number of piperazine rings is 1. The molecule has 2 rings (SSSR count). The largest absolute Gasteiger partial charge is 0.348 e. The number of hydrogen-bond donors (Lipinski definition) is 0. The molecule has 19 heavy (non-hydrogen) atoms. The van der Waals surface area contributed by atoms with Gasteiger partial charge in [-0.3, -0.25) is 14.6 Å². The molecule has 1 aliphatic rings. The third kappa shape index (κ3) is 4.33. The highest BCUT2D eigenvalue weighted by Gasteiger charge is 2.19. The minimum Gasteiger partial charge on any atom is -0.348 e. The highest BCUT2D eigenvalue weighted by atomic mass is 16.2. The molecule has 1 saturated heterocycles. The van der Waals surface area contributed by atoms with Gasteiger partial charge in [0.1, 0.15) is 0 Å². The van der Waals surface area contributed by atoms with Crippen LogP contribution in [0.15, 0.2) is 30.3 Å². The zero-order chi connectivity index (χ0) is 13.7. The fraction of sp³-hybridized carbons (Fsp3) is 0.533. The first-order valence-electron chi connectivity index (χ1n) is 6.84. The molecule has 104 valence electrons. The number of benzene rings is 1. The lowest BCUT2D eigenvalue weighted by Crippen LogP contribution is -2.48. The summed E-state index contributed by atoms with van der Waals surface area (Å²) in [5, 5.41) is 0. The van der Waals surface area contributed by atoms with Crippen LogP contribution >= 0.6 is 0 Å². The van der Waals surface area contributed by atoms with E-state index < -0.39 is 0 Å². The van der Waals surface area contributed by atoms with Gasteiger partial charge in [-0.2, -0.15) is 0 Å². The Labute approximate surface area is 115 Å². The summed E-state index contributed by atoms with van der Waals surface area (Å²) < 4.78 is 0. The number of carbonyl (C=O) groups excluding carboxylic acids is 1. The maximum atomic E-state index is 11.7. The average Bonchev–Trinajstić information content (AvgIpc) is 2.42.